The smallest absolute Gasteiger partial charge is 0.311 e. The number of nitro groups is 1. The van der Waals surface area contributed by atoms with Crippen molar-refractivity contribution in [1.82, 2.24) is 4.98 Å². The van der Waals surface area contributed by atoms with Gasteiger partial charge in [-0.3, -0.25) is 10.1 Å². The maximum Gasteiger partial charge on any atom is 0.311 e. The molecule has 0 amide bonds. The number of hydrogen-bond donors (Lipinski definition) is 1. The zero-order valence-corrected chi connectivity index (χ0v) is 11.8. The third-order valence-corrected chi connectivity index (χ3v) is 2.90. The molecular formula is C12H9Cl2N3O3. The molecule has 1 aromatic carbocycles. The summed E-state index contributed by atoms with van der Waals surface area (Å²) < 4.78 is 5.15. The van der Waals surface area contributed by atoms with Crippen LogP contribution in [0.5, 0.6) is 5.75 Å². The van der Waals surface area contributed by atoms with Crippen molar-refractivity contribution in [3.05, 3.63) is 50.6 Å². The largest absolute Gasteiger partial charge is 0.495 e. The van der Waals surface area contributed by atoms with Gasteiger partial charge in [-0.15, -0.1) is 0 Å². The predicted octanol–water partition coefficient (Wildman–Crippen LogP) is 4.05. The summed E-state index contributed by atoms with van der Waals surface area (Å²) in [4.78, 5) is 14.3. The molecule has 1 N–H and O–H groups in total. The van der Waals surface area contributed by atoms with Crippen molar-refractivity contribution in [3.8, 4) is 5.75 Å². The summed E-state index contributed by atoms with van der Waals surface area (Å²) in [6.07, 6.45) is 0. The van der Waals surface area contributed by atoms with Gasteiger partial charge in [0.15, 0.2) is 0 Å². The van der Waals surface area contributed by atoms with E-state index in [2.05, 4.69) is 10.3 Å². The Kier molecular flexibility index (Phi) is 4.26. The van der Waals surface area contributed by atoms with Gasteiger partial charge >= 0.3 is 5.69 Å². The van der Waals surface area contributed by atoms with Crippen molar-refractivity contribution in [2.45, 2.75) is 0 Å². The molecular weight excluding hydrogens is 305 g/mol. The van der Waals surface area contributed by atoms with E-state index in [0.717, 1.165) is 0 Å². The number of nitrogens with one attached hydrogen (secondary N) is 1. The van der Waals surface area contributed by atoms with Crippen LogP contribution in [0, 0.1) is 10.1 Å². The molecule has 0 saturated carbocycles. The Morgan fingerprint density at radius 1 is 1.30 bits per heavy atom. The third kappa shape index (κ3) is 3.09. The highest BCUT2D eigenvalue weighted by Crippen LogP contribution is 2.33. The molecule has 104 valence electrons. The van der Waals surface area contributed by atoms with Gasteiger partial charge in [0.05, 0.1) is 17.7 Å². The van der Waals surface area contributed by atoms with E-state index in [9.17, 15) is 10.1 Å². The molecule has 0 atom stereocenters. The number of methoxy groups -OCH3 is 1. The number of anilines is 2. The van der Waals surface area contributed by atoms with E-state index in [1.807, 2.05) is 0 Å². The average molecular weight is 314 g/mol. The van der Waals surface area contributed by atoms with E-state index in [1.165, 1.54) is 19.2 Å². The summed E-state index contributed by atoms with van der Waals surface area (Å²) in [5.74, 6) is 0.494. The SMILES string of the molecule is COc1ccc(Cl)cc1Nc1nc(Cl)ccc1[N+](=O)[O-]. The highest BCUT2D eigenvalue weighted by atomic mass is 35.5. The quantitative estimate of drug-likeness (QED) is 0.523. The lowest BCUT2D eigenvalue weighted by Gasteiger charge is -2.11. The van der Waals surface area contributed by atoms with E-state index in [4.69, 9.17) is 27.9 Å². The lowest BCUT2D eigenvalue weighted by Crippen LogP contribution is -2.01. The summed E-state index contributed by atoms with van der Waals surface area (Å²) in [6, 6.07) is 7.48. The molecule has 1 heterocycles. The Labute approximate surface area is 124 Å². The molecule has 0 saturated heterocycles. The second-order valence-corrected chi connectivity index (χ2v) is 4.55. The van der Waals surface area contributed by atoms with Gasteiger partial charge in [0, 0.05) is 11.1 Å². The second-order valence-electron chi connectivity index (χ2n) is 3.73. The lowest BCUT2D eigenvalue weighted by atomic mass is 10.3. The molecule has 1 aromatic heterocycles. The van der Waals surface area contributed by atoms with E-state index in [1.54, 1.807) is 18.2 Å². The first-order chi connectivity index (χ1) is 9.51. The number of benzene rings is 1. The Morgan fingerprint density at radius 2 is 2.05 bits per heavy atom. The first-order valence-corrected chi connectivity index (χ1v) is 6.18. The van der Waals surface area contributed by atoms with E-state index in [0.29, 0.717) is 16.5 Å². The minimum absolute atomic E-state index is 0.0167. The van der Waals surface area contributed by atoms with Crippen molar-refractivity contribution >= 4 is 40.4 Å². The van der Waals surface area contributed by atoms with Crippen LogP contribution in [0.1, 0.15) is 0 Å². The number of nitrogens with zero attached hydrogens (tertiary/aromatic N) is 2. The maximum absolute atomic E-state index is 11.0. The van der Waals surface area contributed by atoms with Gasteiger partial charge in [-0.2, -0.15) is 0 Å². The van der Waals surface area contributed by atoms with E-state index in [-0.39, 0.29) is 16.7 Å². The summed E-state index contributed by atoms with van der Waals surface area (Å²) in [6.45, 7) is 0. The van der Waals surface area contributed by atoms with Crippen LogP contribution in [0.3, 0.4) is 0 Å². The topological polar surface area (TPSA) is 77.3 Å². The van der Waals surface area contributed by atoms with E-state index < -0.39 is 4.92 Å². The van der Waals surface area contributed by atoms with Crippen LogP contribution in [0.4, 0.5) is 17.2 Å². The van der Waals surface area contributed by atoms with Gasteiger partial charge in [0.25, 0.3) is 0 Å². The fourth-order valence-corrected chi connectivity index (χ4v) is 1.89. The van der Waals surface area contributed by atoms with Crippen LogP contribution in [-0.2, 0) is 0 Å². The van der Waals surface area contributed by atoms with Crippen LogP contribution in [0.15, 0.2) is 30.3 Å². The first-order valence-electron chi connectivity index (χ1n) is 5.43. The molecule has 0 aliphatic carbocycles. The number of pyridine rings is 1. The molecule has 2 rings (SSSR count). The summed E-state index contributed by atoms with van der Waals surface area (Å²) >= 11 is 11.7. The lowest BCUT2D eigenvalue weighted by molar-refractivity contribution is -0.384. The molecule has 0 fully saturated rings. The van der Waals surface area contributed by atoms with Gasteiger partial charge < -0.3 is 10.1 Å². The van der Waals surface area contributed by atoms with Gasteiger partial charge in [0.1, 0.15) is 10.9 Å². The van der Waals surface area contributed by atoms with Gasteiger partial charge in [-0.25, -0.2) is 4.98 Å². The zero-order valence-electron chi connectivity index (χ0n) is 10.3. The monoisotopic (exact) mass is 313 g/mol. The van der Waals surface area contributed by atoms with Crippen LogP contribution in [-0.4, -0.2) is 17.0 Å². The zero-order chi connectivity index (χ0) is 14.7. The predicted molar refractivity (Wildman–Crippen MR) is 77.2 cm³/mol. The van der Waals surface area contributed by atoms with Gasteiger partial charge in [0.2, 0.25) is 5.82 Å². The molecule has 0 radical (unpaired) electrons. The highest BCUT2D eigenvalue weighted by molar-refractivity contribution is 6.31. The van der Waals surface area contributed by atoms with Gasteiger partial charge in [-0.1, -0.05) is 23.2 Å². The van der Waals surface area contributed by atoms with Crippen LogP contribution >= 0.6 is 23.2 Å². The number of hydrogen-bond acceptors (Lipinski definition) is 5. The molecule has 0 aliphatic rings. The van der Waals surface area contributed by atoms with Crippen molar-refractivity contribution in [2.75, 3.05) is 12.4 Å². The third-order valence-electron chi connectivity index (χ3n) is 2.45. The molecule has 6 nitrogen and oxygen atoms in total. The van der Waals surface area contributed by atoms with Gasteiger partial charge in [-0.05, 0) is 24.3 Å². The maximum atomic E-state index is 11.0. The van der Waals surface area contributed by atoms with Crippen LogP contribution in [0.2, 0.25) is 10.2 Å². The molecule has 20 heavy (non-hydrogen) atoms. The Morgan fingerprint density at radius 3 is 2.70 bits per heavy atom. The summed E-state index contributed by atoms with van der Waals surface area (Å²) in [5.41, 5.74) is 0.259. The standard InChI is InChI=1S/C12H9Cl2N3O3/c1-20-10-4-2-7(13)6-8(10)15-12-9(17(18)19)3-5-11(14)16-12/h2-6H,1H3,(H,15,16). The van der Waals surface area contributed by atoms with Crippen LogP contribution < -0.4 is 10.1 Å². The molecule has 0 spiro atoms. The molecule has 0 aliphatic heterocycles. The Balaban J connectivity index is 2.46. The van der Waals surface area contributed by atoms with Crippen molar-refractivity contribution < 1.29 is 9.66 Å². The van der Waals surface area contributed by atoms with Crippen molar-refractivity contribution in [3.63, 3.8) is 0 Å². The first kappa shape index (κ1) is 14.4. The molecule has 8 heteroatoms. The molecule has 0 bridgehead atoms. The summed E-state index contributed by atoms with van der Waals surface area (Å²) in [5, 5.41) is 14.4. The Bertz CT molecular complexity index is 664. The minimum Gasteiger partial charge on any atom is -0.495 e. The Hall–Kier alpha value is -2.05. The second kappa shape index (κ2) is 5.94. The molecule has 0 unspecified atom stereocenters. The summed E-state index contributed by atoms with van der Waals surface area (Å²) in [7, 11) is 1.48. The number of halogens is 2. The number of aromatic nitrogens is 1. The van der Waals surface area contributed by atoms with E-state index >= 15 is 0 Å². The van der Waals surface area contributed by atoms with Crippen molar-refractivity contribution in [2.24, 2.45) is 0 Å². The minimum atomic E-state index is -0.553. The number of rotatable bonds is 4. The normalized spacial score (nSPS) is 10.2. The van der Waals surface area contributed by atoms with Crippen LogP contribution in [0.25, 0.3) is 0 Å². The fourth-order valence-electron chi connectivity index (χ4n) is 1.57. The highest BCUT2D eigenvalue weighted by Gasteiger charge is 2.17. The number of ether oxygens (including phenoxy) is 1. The fraction of sp³-hybridized carbons (Fsp3) is 0.0833. The average Bonchev–Trinajstić information content (AvgIpc) is 2.38. The van der Waals surface area contributed by atoms with Crippen molar-refractivity contribution in [1.29, 1.82) is 0 Å². The molecule has 2 aromatic rings.